The van der Waals surface area contributed by atoms with Gasteiger partial charge in [0.2, 0.25) is 12.0 Å². The van der Waals surface area contributed by atoms with Crippen molar-refractivity contribution in [3.63, 3.8) is 0 Å². The summed E-state index contributed by atoms with van der Waals surface area (Å²) in [5.74, 6) is -2.48. The molecule has 236 valence electrons. The number of rotatable bonds is 8. The molecule has 5 rings (SSSR count). The molecule has 0 radical (unpaired) electrons. The molecule has 14 nitrogen and oxygen atoms in total. The highest BCUT2D eigenvalue weighted by Crippen LogP contribution is 2.42. The lowest BCUT2D eigenvalue weighted by molar-refractivity contribution is -0.278. The van der Waals surface area contributed by atoms with Crippen LogP contribution in [0.4, 0.5) is 0 Å². The number of carbonyl (C=O) groups excluding carboxylic acids is 1. The molecule has 8 N–H and O–H groups in total. The van der Waals surface area contributed by atoms with Gasteiger partial charge >= 0.3 is 17.3 Å². The summed E-state index contributed by atoms with van der Waals surface area (Å²) in [6.45, 7) is -0.570. The molecule has 1 fully saturated rings. The van der Waals surface area contributed by atoms with Gasteiger partial charge in [-0.1, -0.05) is 6.07 Å². The zero-order valence-electron chi connectivity index (χ0n) is 23.5. The Morgan fingerprint density at radius 2 is 1.60 bits per heavy atom. The van der Waals surface area contributed by atoms with Gasteiger partial charge in [0.1, 0.15) is 47.9 Å². The normalized spacial score (nSPS) is 21.6. The maximum absolute atomic E-state index is 12.3. The second-order valence-electron chi connectivity index (χ2n) is 10.0. The van der Waals surface area contributed by atoms with E-state index in [-0.39, 0.29) is 57.0 Å². The van der Waals surface area contributed by atoms with E-state index in [1.807, 2.05) is 0 Å². The Labute approximate surface area is 254 Å². The highest BCUT2D eigenvalue weighted by Gasteiger charge is 2.46. The molecule has 14 heteroatoms. The largest absolute Gasteiger partial charge is 0.507 e. The van der Waals surface area contributed by atoms with Gasteiger partial charge in [-0.05, 0) is 35.9 Å². The summed E-state index contributed by atoms with van der Waals surface area (Å²) in [5, 5.41) is 81.4. The van der Waals surface area contributed by atoms with Gasteiger partial charge in [-0.25, -0.2) is 9.21 Å². The van der Waals surface area contributed by atoms with E-state index in [1.165, 1.54) is 61.7 Å². The van der Waals surface area contributed by atoms with Crippen LogP contribution in [0.15, 0.2) is 65.1 Å². The average molecular weight is 626 g/mol. The predicted molar refractivity (Wildman–Crippen MR) is 155 cm³/mol. The maximum atomic E-state index is 12.3. The molecule has 5 atom stereocenters. The van der Waals surface area contributed by atoms with Crippen LogP contribution in [0, 0.1) is 0 Å². The maximum Gasteiger partial charge on any atom is 0.402 e. The number of ether oxygens (including phenoxy) is 4. The molecule has 0 bridgehead atoms. The van der Waals surface area contributed by atoms with Crippen molar-refractivity contribution in [1.29, 1.82) is 0 Å². The van der Waals surface area contributed by atoms with E-state index < -0.39 is 43.3 Å². The predicted octanol–water partition coefficient (Wildman–Crippen LogP) is 2.36. The number of aliphatic hydroxyl groups is 3. The summed E-state index contributed by atoms with van der Waals surface area (Å²) in [5.41, 5.74) is 0.726. The van der Waals surface area contributed by atoms with Crippen LogP contribution in [0.5, 0.6) is 40.2 Å². The Bertz CT molecular complexity index is 1750. The van der Waals surface area contributed by atoms with E-state index in [1.54, 1.807) is 0 Å². The summed E-state index contributed by atoms with van der Waals surface area (Å²) in [4.78, 5) is 12.3. The molecule has 3 aromatic carbocycles. The van der Waals surface area contributed by atoms with Crippen molar-refractivity contribution in [3.05, 3.63) is 66.2 Å². The molecule has 1 aliphatic rings. The molecular weight excluding hydrogens is 596 g/mol. The van der Waals surface area contributed by atoms with Gasteiger partial charge in [0.15, 0.2) is 23.0 Å². The van der Waals surface area contributed by atoms with Crippen LogP contribution in [-0.4, -0.2) is 91.2 Å². The molecule has 3 unspecified atom stereocenters. The Hall–Kier alpha value is -5.28. The topological polar surface area (TPSA) is 227 Å². The van der Waals surface area contributed by atoms with Crippen LogP contribution in [0.3, 0.4) is 0 Å². The van der Waals surface area contributed by atoms with E-state index in [0.717, 1.165) is 12.1 Å². The first-order valence-electron chi connectivity index (χ1n) is 13.4. The summed E-state index contributed by atoms with van der Waals surface area (Å²) in [6.07, 6.45) is -6.00. The van der Waals surface area contributed by atoms with Crippen LogP contribution in [-0.2, 0) is 14.3 Å². The second kappa shape index (κ2) is 12.8. The number of benzene rings is 3. The Kier molecular flexibility index (Phi) is 8.83. The first-order valence-corrected chi connectivity index (χ1v) is 13.4. The van der Waals surface area contributed by atoms with E-state index in [2.05, 4.69) is 0 Å². The van der Waals surface area contributed by atoms with Crippen molar-refractivity contribution in [1.82, 2.24) is 0 Å². The Balaban J connectivity index is 1.40. The fraction of sp³-hybridized carbons (Fsp3) is 0.226. The minimum Gasteiger partial charge on any atom is -0.507 e. The van der Waals surface area contributed by atoms with Crippen LogP contribution in [0.25, 0.3) is 28.4 Å². The number of aliphatic hydroxyl groups excluding tert-OH is 3. The van der Waals surface area contributed by atoms with Gasteiger partial charge in [-0.3, -0.25) is 0 Å². The molecule has 0 aliphatic carbocycles. The van der Waals surface area contributed by atoms with Gasteiger partial charge < -0.3 is 59.8 Å². The third-order valence-electron chi connectivity index (χ3n) is 6.97. The first kappa shape index (κ1) is 31.2. The number of fused-ring (bicyclic) bond motifs is 1. The minimum atomic E-state index is -1.81. The molecule has 2 heterocycles. The third kappa shape index (κ3) is 6.63. The van der Waals surface area contributed by atoms with E-state index in [4.69, 9.17) is 23.4 Å². The minimum absolute atomic E-state index is 0.0180. The number of phenolic OH excluding ortho intramolecular Hbond substituents is 5. The number of phenols is 5. The number of hydrogen-bond acceptors (Lipinski definition) is 13. The third-order valence-corrected chi connectivity index (χ3v) is 6.97. The highest BCUT2D eigenvalue weighted by atomic mass is 16.7. The van der Waals surface area contributed by atoms with Crippen molar-refractivity contribution in [2.45, 2.75) is 30.7 Å². The Morgan fingerprint density at radius 1 is 0.844 bits per heavy atom. The van der Waals surface area contributed by atoms with Gasteiger partial charge in [-0.15, -0.1) is 0 Å². The monoisotopic (exact) mass is 625 g/mol. The molecular formula is C31H29O14+. The number of aromatic hydroxyl groups is 5. The van der Waals surface area contributed by atoms with Crippen LogP contribution < -0.4 is 9.47 Å². The lowest BCUT2D eigenvalue weighted by Gasteiger charge is -2.39. The van der Waals surface area contributed by atoms with Gasteiger partial charge in [0, 0.05) is 24.3 Å². The molecule has 0 amide bonds. The van der Waals surface area contributed by atoms with E-state index in [9.17, 15) is 45.6 Å². The molecule has 0 spiro atoms. The van der Waals surface area contributed by atoms with Crippen LogP contribution in [0.1, 0.15) is 5.56 Å². The van der Waals surface area contributed by atoms with Crippen LogP contribution >= 0.6 is 0 Å². The van der Waals surface area contributed by atoms with Crippen molar-refractivity contribution in [2.24, 2.45) is 0 Å². The average Bonchev–Trinajstić information content (AvgIpc) is 3.01. The molecule has 1 saturated heterocycles. The van der Waals surface area contributed by atoms with Gasteiger partial charge in [-0.2, -0.15) is 0 Å². The zero-order valence-corrected chi connectivity index (χ0v) is 23.5. The fourth-order valence-corrected chi connectivity index (χ4v) is 4.59. The summed E-state index contributed by atoms with van der Waals surface area (Å²) in [7, 11) is 1.34. The SMILES string of the molecule is COc1cc(-c2[o+]c3cc(O)cc(O)c3cc2O[C@@H]2OC(COC(=O)/C=C/c3ccc(O)c(O)c3)[C@@H](O)C(O)C2O)ccc1O. The molecule has 45 heavy (non-hydrogen) atoms. The van der Waals surface area contributed by atoms with E-state index in [0.29, 0.717) is 11.1 Å². The van der Waals surface area contributed by atoms with Crippen molar-refractivity contribution >= 4 is 23.0 Å². The zero-order chi connectivity index (χ0) is 32.4. The van der Waals surface area contributed by atoms with E-state index >= 15 is 0 Å². The summed E-state index contributed by atoms with van der Waals surface area (Å²) >= 11 is 0. The van der Waals surface area contributed by atoms with Crippen molar-refractivity contribution < 1.29 is 69.0 Å². The number of hydrogen-bond donors (Lipinski definition) is 8. The van der Waals surface area contributed by atoms with Gasteiger partial charge in [0.25, 0.3) is 0 Å². The lowest BCUT2D eigenvalue weighted by Crippen LogP contribution is -2.60. The molecule has 0 saturated carbocycles. The smallest absolute Gasteiger partial charge is 0.402 e. The number of esters is 1. The standard InChI is InChI=1S/C31H28O14/c1-41-23-9-15(4-6-19(23)34)30-24(12-17-20(35)10-16(32)11-22(17)43-30)44-31-29(40)28(39)27(38)25(45-31)13-42-26(37)7-3-14-2-5-18(33)21(36)8-14/h2-12,25,27-29,31,38-40H,13H2,1H3,(H4-,32,33,34,35,36,37)/p+1/t25?,27-,28?,29?,31-/m1/s1. The molecule has 1 aromatic heterocycles. The van der Waals surface area contributed by atoms with Crippen molar-refractivity contribution in [3.8, 4) is 51.6 Å². The summed E-state index contributed by atoms with van der Waals surface area (Å²) < 4.78 is 27.9. The van der Waals surface area contributed by atoms with Crippen LogP contribution in [0.2, 0.25) is 0 Å². The summed E-state index contributed by atoms with van der Waals surface area (Å²) in [6, 6.07) is 11.7. The van der Waals surface area contributed by atoms with Gasteiger partial charge in [0.05, 0.1) is 18.7 Å². The highest BCUT2D eigenvalue weighted by molar-refractivity contribution is 5.89. The first-order chi connectivity index (χ1) is 21.4. The Morgan fingerprint density at radius 3 is 2.33 bits per heavy atom. The molecule has 1 aliphatic heterocycles. The second-order valence-corrected chi connectivity index (χ2v) is 10.0. The quantitative estimate of drug-likeness (QED) is 0.0609. The number of carbonyl (C=O) groups is 1. The van der Waals surface area contributed by atoms with Crippen molar-refractivity contribution in [2.75, 3.05) is 13.7 Å². The fourth-order valence-electron chi connectivity index (χ4n) is 4.59. The number of methoxy groups -OCH3 is 1. The lowest BCUT2D eigenvalue weighted by atomic mass is 9.99. The molecule has 4 aromatic rings.